The van der Waals surface area contributed by atoms with Gasteiger partial charge >= 0.3 is 12.1 Å². The van der Waals surface area contributed by atoms with E-state index in [1.54, 1.807) is 45.0 Å². The maximum atomic E-state index is 14.5. The van der Waals surface area contributed by atoms with Crippen molar-refractivity contribution in [2.45, 2.75) is 141 Å². The van der Waals surface area contributed by atoms with Gasteiger partial charge in [0.15, 0.2) is 17.7 Å². The summed E-state index contributed by atoms with van der Waals surface area (Å²) in [5.74, 6) is -5.47. The van der Waals surface area contributed by atoms with Crippen LogP contribution in [0.1, 0.15) is 80.2 Å². The predicted molar refractivity (Wildman–Crippen MR) is 193 cm³/mol. The van der Waals surface area contributed by atoms with Crippen molar-refractivity contribution in [2.24, 2.45) is 23.7 Å². The summed E-state index contributed by atoms with van der Waals surface area (Å²) >= 11 is 0. The lowest BCUT2D eigenvalue weighted by molar-refractivity contribution is -0.293. The van der Waals surface area contributed by atoms with Crippen LogP contribution in [0.3, 0.4) is 0 Å². The molecule has 4 fully saturated rings. The summed E-state index contributed by atoms with van der Waals surface area (Å²) in [6.07, 6.45) is -1.24. The van der Waals surface area contributed by atoms with Crippen LogP contribution in [-0.4, -0.2) is 141 Å². The number of ether oxygens (including phenoxy) is 4. The number of cyclic esters (lactones) is 1. The number of Topliss-reactive ketones (excluding diaryl/α,β-unsaturated/α-hetero) is 2. The molecule has 0 bridgehead atoms. The molecule has 14 heteroatoms. The fourth-order valence-corrected chi connectivity index (χ4v) is 9.21. The quantitative estimate of drug-likeness (QED) is 0.309. The maximum Gasteiger partial charge on any atom is 0.411 e. The Morgan fingerprint density at radius 3 is 2.25 bits per heavy atom. The number of aromatic nitrogens is 1. The summed E-state index contributed by atoms with van der Waals surface area (Å²) in [7, 11) is 3.69. The Morgan fingerprint density at radius 1 is 1.00 bits per heavy atom. The molecule has 13 atom stereocenters. The molecule has 5 heterocycles. The van der Waals surface area contributed by atoms with Crippen molar-refractivity contribution >= 4 is 23.6 Å². The number of aliphatic hydroxyl groups is 2. The third kappa shape index (κ3) is 8.18. The van der Waals surface area contributed by atoms with Gasteiger partial charge in [-0.2, -0.15) is 0 Å². The number of fused-ring (bicyclic) bond motifs is 1. The molecule has 4 aliphatic rings. The van der Waals surface area contributed by atoms with Gasteiger partial charge in [0.25, 0.3) is 0 Å². The summed E-state index contributed by atoms with van der Waals surface area (Å²) in [5, 5.41) is 23.5. The van der Waals surface area contributed by atoms with E-state index in [4.69, 9.17) is 18.9 Å². The predicted octanol–water partition coefficient (Wildman–Crippen LogP) is 2.82. The topological polar surface area (TPSA) is 168 Å². The first-order chi connectivity index (χ1) is 24.8. The molecular formula is C39H60N4O10. The van der Waals surface area contributed by atoms with E-state index >= 15 is 0 Å². The van der Waals surface area contributed by atoms with Crippen LogP contribution in [0.5, 0.6) is 0 Å². The number of hydrogen-bond acceptors (Lipinski definition) is 13. The zero-order valence-electron chi connectivity index (χ0n) is 32.9. The molecule has 0 radical (unpaired) electrons. The van der Waals surface area contributed by atoms with E-state index in [0.29, 0.717) is 26.1 Å². The van der Waals surface area contributed by atoms with Crippen molar-refractivity contribution in [3.63, 3.8) is 0 Å². The minimum Gasteiger partial charge on any atom is -0.458 e. The molecule has 5 rings (SSSR count). The van der Waals surface area contributed by atoms with Crippen LogP contribution >= 0.6 is 0 Å². The van der Waals surface area contributed by atoms with Crippen LogP contribution in [0.2, 0.25) is 0 Å². The number of hydrogen-bond donors (Lipinski definition) is 2. The summed E-state index contributed by atoms with van der Waals surface area (Å²) in [6, 6.07) is 2.50. The minimum absolute atomic E-state index is 0.106. The van der Waals surface area contributed by atoms with Crippen LogP contribution < -0.4 is 0 Å². The number of esters is 1. The molecule has 53 heavy (non-hydrogen) atoms. The Labute approximate surface area is 313 Å². The van der Waals surface area contributed by atoms with Gasteiger partial charge in [-0.1, -0.05) is 27.7 Å². The number of aliphatic hydroxyl groups excluding tert-OH is 1. The largest absolute Gasteiger partial charge is 0.458 e. The normalized spacial score (nSPS) is 41.1. The SMILES string of the molecule is CC[C@H]1OC(=O)[C@H](C)C(=O)[C@H](C)[C@@H](O[C@@H]2O[C@H](C)C[C@H](N(C)C)[C@H]2O)[C@](C)(O)C[C@@H](C)C(=O)[C@H](C)[C@H]2N(C3CN(Cc4ccncc4)C3)C(=O)O[C@]12C. The third-order valence-electron chi connectivity index (χ3n) is 12.1. The highest BCUT2D eigenvalue weighted by atomic mass is 16.7. The van der Waals surface area contributed by atoms with Crippen molar-refractivity contribution < 1.29 is 48.3 Å². The summed E-state index contributed by atoms with van der Waals surface area (Å²) in [6.45, 7) is 15.2. The van der Waals surface area contributed by atoms with Gasteiger partial charge in [-0.15, -0.1) is 0 Å². The number of ketones is 2. The Morgan fingerprint density at radius 2 is 1.64 bits per heavy atom. The number of pyridine rings is 1. The first kappa shape index (κ1) is 41.2. The van der Waals surface area contributed by atoms with E-state index < -0.39 is 83.4 Å². The van der Waals surface area contributed by atoms with Gasteiger partial charge in [-0.25, -0.2) is 4.79 Å². The Bertz CT molecular complexity index is 1490. The smallest absolute Gasteiger partial charge is 0.411 e. The molecule has 0 saturated carbocycles. The van der Waals surface area contributed by atoms with Gasteiger partial charge in [-0.05, 0) is 78.7 Å². The van der Waals surface area contributed by atoms with Crippen LogP contribution in [0.15, 0.2) is 24.5 Å². The van der Waals surface area contributed by atoms with Gasteiger partial charge in [0.1, 0.15) is 23.9 Å². The van der Waals surface area contributed by atoms with E-state index in [1.165, 1.54) is 13.8 Å². The minimum atomic E-state index is -1.80. The van der Waals surface area contributed by atoms with Crippen LogP contribution in [0, 0.1) is 23.7 Å². The molecule has 1 aromatic heterocycles. The molecule has 14 nitrogen and oxygen atoms in total. The van der Waals surface area contributed by atoms with Crippen molar-refractivity contribution in [3.05, 3.63) is 30.1 Å². The monoisotopic (exact) mass is 744 g/mol. The third-order valence-corrected chi connectivity index (χ3v) is 12.1. The summed E-state index contributed by atoms with van der Waals surface area (Å²) in [5.41, 5.74) is -2.12. The molecule has 2 N–H and O–H groups in total. The number of likely N-dealkylation sites (tertiary alicyclic amines) is 1. The fourth-order valence-electron chi connectivity index (χ4n) is 9.21. The number of amides is 1. The number of carbonyl (C=O) groups is 4. The molecule has 296 valence electrons. The van der Waals surface area contributed by atoms with E-state index in [2.05, 4.69) is 9.88 Å². The van der Waals surface area contributed by atoms with Crippen molar-refractivity contribution in [1.82, 2.24) is 19.7 Å². The molecule has 0 spiro atoms. The summed E-state index contributed by atoms with van der Waals surface area (Å²) < 4.78 is 24.7. The molecule has 4 saturated heterocycles. The molecular weight excluding hydrogens is 684 g/mol. The Hall–Kier alpha value is -3.01. The van der Waals surface area contributed by atoms with Crippen molar-refractivity contribution in [2.75, 3.05) is 27.2 Å². The summed E-state index contributed by atoms with van der Waals surface area (Å²) in [4.78, 5) is 66.1. The Balaban J connectivity index is 1.48. The van der Waals surface area contributed by atoms with Crippen molar-refractivity contribution in [1.29, 1.82) is 0 Å². The molecule has 0 aromatic carbocycles. The van der Waals surface area contributed by atoms with E-state index in [0.717, 1.165) is 5.56 Å². The highest BCUT2D eigenvalue weighted by Gasteiger charge is 2.62. The molecule has 1 amide bonds. The lowest BCUT2D eigenvalue weighted by atomic mass is 9.73. The van der Waals surface area contributed by atoms with E-state index in [-0.39, 0.29) is 36.8 Å². The highest BCUT2D eigenvalue weighted by Crippen LogP contribution is 2.44. The second-order valence-electron chi connectivity index (χ2n) is 16.6. The lowest BCUT2D eigenvalue weighted by Crippen LogP contribution is -2.65. The molecule has 4 aliphatic heterocycles. The van der Waals surface area contributed by atoms with Gasteiger partial charge in [-0.3, -0.25) is 29.2 Å². The van der Waals surface area contributed by atoms with E-state index in [1.807, 2.05) is 45.0 Å². The Kier molecular flexibility index (Phi) is 12.4. The highest BCUT2D eigenvalue weighted by molar-refractivity contribution is 6.00. The molecule has 1 aromatic rings. The van der Waals surface area contributed by atoms with Crippen LogP contribution in [-0.2, 0) is 39.9 Å². The zero-order chi connectivity index (χ0) is 39.2. The van der Waals surface area contributed by atoms with E-state index in [9.17, 15) is 29.4 Å². The van der Waals surface area contributed by atoms with Gasteiger partial charge < -0.3 is 34.1 Å². The number of carbonyl (C=O) groups excluding carboxylic acids is 4. The van der Waals surface area contributed by atoms with Crippen molar-refractivity contribution in [3.8, 4) is 0 Å². The van der Waals surface area contributed by atoms with Crippen LogP contribution in [0.4, 0.5) is 4.79 Å². The van der Waals surface area contributed by atoms with Gasteiger partial charge in [0.05, 0.1) is 29.9 Å². The average molecular weight is 745 g/mol. The fraction of sp³-hybridized carbons (Fsp3) is 0.769. The number of likely N-dealkylation sites (N-methyl/N-ethyl adjacent to an activating group) is 1. The van der Waals surface area contributed by atoms with Gasteiger partial charge in [0, 0.05) is 55.8 Å². The second kappa shape index (κ2) is 16.0. The second-order valence-corrected chi connectivity index (χ2v) is 16.6. The zero-order valence-corrected chi connectivity index (χ0v) is 32.9. The number of rotatable bonds is 7. The lowest BCUT2D eigenvalue weighted by Gasteiger charge is -2.48. The molecule has 0 aliphatic carbocycles. The first-order valence-corrected chi connectivity index (χ1v) is 19.1. The maximum absolute atomic E-state index is 14.5. The first-order valence-electron chi connectivity index (χ1n) is 19.1. The molecule has 0 unspecified atom stereocenters. The number of nitrogens with zero attached hydrogens (tertiary/aromatic N) is 4. The average Bonchev–Trinajstić information content (AvgIpc) is 3.35. The van der Waals surface area contributed by atoms with Gasteiger partial charge in [0.2, 0.25) is 0 Å². The van der Waals surface area contributed by atoms with Crippen LogP contribution in [0.25, 0.3) is 0 Å². The standard InChI is InChI=1S/C39H60N4O10/c1-11-29-39(8)33(43(37(48)53-39)27-19-42(20-27)18-26-12-14-40-15-13-26)23(4)30(44)21(2)17-38(7,49)34(24(5)31(45)25(6)35(47)51-29)52-36-32(46)28(41(9)10)16-22(3)50-36/h12-15,21-25,27-29,32-34,36,46,49H,11,16-20H2,1-10H3/t21-,22-,23+,24+,25-,28+,29-,32-,33-,34-,36+,38-,39-/m1/s1.